The smallest absolute Gasteiger partial charge is 0.338 e. The normalized spacial score (nSPS) is 18.1. The average Bonchev–Trinajstić information content (AvgIpc) is 3.19. The molecule has 0 spiro atoms. The number of thioether (sulfide) groups is 1. The maximum atomic E-state index is 13.7. The number of nitrogens with one attached hydrogen (secondary N) is 1. The monoisotopic (exact) mass is 469 g/mol. The van der Waals surface area contributed by atoms with Crippen LogP contribution in [0.3, 0.4) is 0 Å². The van der Waals surface area contributed by atoms with E-state index in [2.05, 4.69) is 15.2 Å². The van der Waals surface area contributed by atoms with Gasteiger partial charge in [0.15, 0.2) is 5.17 Å². The van der Waals surface area contributed by atoms with Crippen molar-refractivity contribution in [1.29, 1.82) is 0 Å². The number of aliphatic imine (C=N–C) groups is 1. The Morgan fingerprint density at radius 1 is 1.12 bits per heavy atom. The van der Waals surface area contributed by atoms with Crippen molar-refractivity contribution >= 4 is 40.4 Å². The number of ether oxygens (including phenoxy) is 1. The lowest BCUT2D eigenvalue weighted by Gasteiger charge is -2.27. The summed E-state index contributed by atoms with van der Waals surface area (Å²) in [6.07, 6.45) is 3.34. The second-order valence-corrected chi connectivity index (χ2v) is 9.06. The van der Waals surface area contributed by atoms with Gasteiger partial charge in [-0.2, -0.15) is 4.99 Å². The summed E-state index contributed by atoms with van der Waals surface area (Å²) in [4.78, 5) is 43.4. The third-order valence-electron chi connectivity index (χ3n) is 5.42. The number of amidine groups is 1. The van der Waals surface area contributed by atoms with Crippen LogP contribution in [0.5, 0.6) is 0 Å². The van der Waals surface area contributed by atoms with Gasteiger partial charge in [0.2, 0.25) is 5.91 Å². The van der Waals surface area contributed by atoms with Gasteiger partial charge < -0.3 is 15.0 Å². The Balaban J connectivity index is 1.30. The predicted molar refractivity (Wildman–Crippen MR) is 124 cm³/mol. The molecule has 1 unspecified atom stereocenters. The Morgan fingerprint density at radius 2 is 1.91 bits per heavy atom. The standard InChI is InChI=1S/C24H24FN3O4S/c25-19-10-3-2-7-17(19)15-32-23(31)16-8-6-9-18(13-16)26-21(29)14-20-22(30)27-24(33-20)28-11-4-1-5-12-28/h2-3,6-10,13,20H,1,4-5,11-12,14-15H2,(H,26,29). The molecule has 9 heteroatoms. The van der Waals surface area contributed by atoms with Crippen molar-refractivity contribution in [3.8, 4) is 0 Å². The Bertz CT molecular complexity index is 1080. The maximum absolute atomic E-state index is 13.7. The van der Waals surface area contributed by atoms with Crippen molar-refractivity contribution < 1.29 is 23.5 Å². The number of amides is 2. The molecule has 1 N–H and O–H groups in total. The van der Waals surface area contributed by atoms with E-state index in [1.807, 2.05) is 0 Å². The number of rotatable bonds is 6. The van der Waals surface area contributed by atoms with Gasteiger partial charge in [-0.1, -0.05) is 36.0 Å². The first kappa shape index (κ1) is 23.0. The van der Waals surface area contributed by atoms with E-state index in [9.17, 15) is 18.8 Å². The highest BCUT2D eigenvalue weighted by Gasteiger charge is 2.33. The summed E-state index contributed by atoms with van der Waals surface area (Å²) in [5.41, 5.74) is 0.916. The minimum Gasteiger partial charge on any atom is -0.457 e. The Labute approximate surface area is 195 Å². The summed E-state index contributed by atoms with van der Waals surface area (Å²) < 4.78 is 18.9. The number of anilines is 1. The van der Waals surface area contributed by atoms with E-state index >= 15 is 0 Å². The van der Waals surface area contributed by atoms with Gasteiger partial charge in [-0.25, -0.2) is 9.18 Å². The van der Waals surface area contributed by atoms with E-state index in [0.717, 1.165) is 25.9 Å². The lowest BCUT2D eigenvalue weighted by Crippen LogP contribution is -2.33. The van der Waals surface area contributed by atoms with E-state index in [-0.39, 0.29) is 36.0 Å². The van der Waals surface area contributed by atoms with Gasteiger partial charge >= 0.3 is 5.97 Å². The van der Waals surface area contributed by atoms with Crippen LogP contribution >= 0.6 is 11.8 Å². The predicted octanol–water partition coefficient (Wildman–Crippen LogP) is 4.00. The van der Waals surface area contributed by atoms with E-state index in [4.69, 9.17) is 4.74 Å². The van der Waals surface area contributed by atoms with E-state index in [1.54, 1.807) is 36.4 Å². The minimum atomic E-state index is -0.629. The van der Waals surface area contributed by atoms with Crippen LogP contribution < -0.4 is 5.32 Å². The van der Waals surface area contributed by atoms with Gasteiger partial charge in [0.25, 0.3) is 5.91 Å². The Kier molecular flexibility index (Phi) is 7.39. The van der Waals surface area contributed by atoms with Crippen molar-refractivity contribution in [2.75, 3.05) is 18.4 Å². The van der Waals surface area contributed by atoms with Gasteiger partial charge in [0.05, 0.1) is 5.56 Å². The number of carbonyl (C=O) groups excluding carboxylic acids is 3. The molecular formula is C24H24FN3O4S. The Hall–Kier alpha value is -3.20. The van der Waals surface area contributed by atoms with Crippen LogP contribution in [0.15, 0.2) is 53.5 Å². The molecule has 7 nitrogen and oxygen atoms in total. The van der Waals surface area contributed by atoms with Gasteiger partial charge in [-0.15, -0.1) is 0 Å². The molecule has 1 atom stereocenters. The van der Waals surface area contributed by atoms with Crippen LogP contribution in [0, 0.1) is 5.82 Å². The van der Waals surface area contributed by atoms with Gasteiger partial charge in [-0.05, 0) is 43.5 Å². The summed E-state index contributed by atoms with van der Waals surface area (Å²) in [5, 5.41) is 2.89. The molecule has 2 amide bonds. The van der Waals surface area contributed by atoms with Crippen molar-refractivity contribution in [2.24, 2.45) is 4.99 Å². The summed E-state index contributed by atoms with van der Waals surface area (Å²) in [6, 6.07) is 12.4. The third-order valence-corrected chi connectivity index (χ3v) is 6.64. The lowest BCUT2D eigenvalue weighted by atomic mass is 10.1. The molecule has 2 heterocycles. The molecule has 0 bridgehead atoms. The summed E-state index contributed by atoms with van der Waals surface area (Å²) in [5.74, 6) is -1.71. The van der Waals surface area contributed by atoms with Crippen molar-refractivity contribution in [2.45, 2.75) is 37.5 Å². The highest BCUT2D eigenvalue weighted by molar-refractivity contribution is 8.15. The molecule has 0 aromatic heterocycles. The fourth-order valence-electron chi connectivity index (χ4n) is 3.68. The minimum absolute atomic E-state index is 0.00764. The molecule has 172 valence electrons. The summed E-state index contributed by atoms with van der Waals surface area (Å²) >= 11 is 1.34. The number of nitrogens with zero attached hydrogens (tertiary/aromatic N) is 2. The molecule has 2 aromatic carbocycles. The highest BCUT2D eigenvalue weighted by Crippen LogP contribution is 2.29. The SMILES string of the molecule is O=C(CC1SC(N2CCCCC2)=NC1=O)Nc1cccc(C(=O)OCc2ccccc2F)c1. The van der Waals surface area contributed by atoms with E-state index in [0.29, 0.717) is 10.9 Å². The molecule has 0 saturated carbocycles. The molecule has 0 aliphatic carbocycles. The first-order valence-corrected chi connectivity index (χ1v) is 11.7. The van der Waals surface area contributed by atoms with E-state index < -0.39 is 17.0 Å². The summed E-state index contributed by atoms with van der Waals surface area (Å²) in [7, 11) is 0. The fraction of sp³-hybridized carbons (Fsp3) is 0.333. The number of hydrogen-bond donors (Lipinski definition) is 1. The molecule has 2 aromatic rings. The van der Waals surface area contributed by atoms with Crippen molar-refractivity contribution in [1.82, 2.24) is 4.90 Å². The third kappa shape index (κ3) is 5.98. The van der Waals surface area contributed by atoms with Gasteiger partial charge in [0.1, 0.15) is 17.7 Å². The van der Waals surface area contributed by atoms with Crippen molar-refractivity contribution in [3.63, 3.8) is 0 Å². The number of benzene rings is 2. The number of halogens is 1. The second kappa shape index (κ2) is 10.6. The van der Waals surface area contributed by atoms with Crippen LogP contribution in [0.1, 0.15) is 41.6 Å². The first-order valence-electron chi connectivity index (χ1n) is 10.8. The molecule has 2 aliphatic heterocycles. The number of piperidine rings is 1. The van der Waals surface area contributed by atoms with Crippen LogP contribution in [-0.4, -0.2) is 46.2 Å². The number of hydrogen-bond acceptors (Lipinski definition) is 6. The number of esters is 1. The van der Waals surface area contributed by atoms with E-state index in [1.165, 1.54) is 30.3 Å². The van der Waals surface area contributed by atoms with Gasteiger partial charge in [0, 0.05) is 30.8 Å². The molecular weight excluding hydrogens is 445 g/mol. The number of likely N-dealkylation sites (tertiary alicyclic amines) is 1. The quantitative estimate of drug-likeness (QED) is 0.644. The fourth-order valence-corrected chi connectivity index (χ4v) is 4.79. The first-order chi connectivity index (χ1) is 16.0. The second-order valence-electron chi connectivity index (χ2n) is 7.89. The lowest BCUT2D eigenvalue weighted by molar-refractivity contribution is -0.121. The summed E-state index contributed by atoms with van der Waals surface area (Å²) in [6.45, 7) is 1.58. The van der Waals surface area contributed by atoms with Crippen LogP contribution in [-0.2, 0) is 20.9 Å². The molecule has 1 saturated heterocycles. The van der Waals surface area contributed by atoms with Crippen LogP contribution in [0.2, 0.25) is 0 Å². The Morgan fingerprint density at radius 3 is 2.70 bits per heavy atom. The highest BCUT2D eigenvalue weighted by atomic mass is 32.2. The van der Waals surface area contributed by atoms with Gasteiger partial charge in [-0.3, -0.25) is 9.59 Å². The largest absolute Gasteiger partial charge is 0.457 e. The zero-order chi connectivity index (χ0) is 23.2. The van der Waals surface area contributed by atoms with Crippen molar-refractivity contribution in [3.05, 3.63) is 65.5 Å². The topological polar surface area (TPSA) is 88.1 Å². The van der Waals surface area contributed by atoms with Crippen LogP contribution in [0.25, 0.3) is 0 Å². The zero-order valence-electron chi connectivity index (χ0n) is 18.0. The molecule has 0 radical (unpaired) electrons. The molecule has 33 heavy (non-hydrogen) atoms. The zero-order valence-corrected chi connectivity index (χ0v) is 18.8. The van der Waals surface area contributed by atoms with Crippen LogP contribution in [0.4, 0.5) is 10.1 Å². The molecule has 1 fully saturated rings. The number of carbonyl (C=O) groups is 3. The molecule has 4 rings (SSSR count). The average molecular weight is 470 g/mol. The maximum Gasteiger partial charge on any atom is 0.338 e. The molecule has 2 aliphatic rings.